The molecule has 0 radical (unpaired) electrons. The van der Waals surface area contributed by atoms with E-state index >= 15 is 0 Å². The molecule has 0 N–H and O–H groups in total. The molecule has 0 saturated heterocycles. The lowest BCUT2D eigenvalue weighted by Crippen LogP contribution is -2.12. The number of aromatic nitrogens is 1. The third-order valence-electron chi connectivity index (χ3n) is 1.62. The minimum atomic E-state index is 0.811. The first kappa shape index (κ1) is 17.2. The third kappa shape index (κ3) is 5.59. The standard InChI is InChI=1S/C9H14N2O.2C2H6/c1-7-5-6-8(12-4)9(10-7)11(2)3;2*1-2/h5-6H,1-4H3;2*1-2H3. The van der Waals surface area contributed by atoms with Crippen molar-refractivity contribution in [2.75, 3.05) is 26.1 Å². The molecule has 3 nitrogen and oxygen atoms in total. The maximum atomic E-state index is 5.16. The summed E-state index contributed by atoms with van der Waals surface area (Å²) in [6.45, 7) is 9.96. The van der Waals surface area contributed by atoms with Gasteiger partial charge in [-0.2, -0.15) is 0 Å². The number of ether oxygens (including phenoxy) is 1. The van der Waals surface area contributed by atoms with E-state index in [1.54, 1.807) is 7.11 Å². The van der Waals surface area contributed by atoms with E-state index in [0.29, 0.717) is 0 Å². The van der Waals surface area contributed by atoms with Crippen LogP contribution in [0.4, 0.5) is 5.82 Å². The van der Waals surface area contributed by atoms with Gasteiger partial charge in [-0.3, -0.25) is 0 Å². The Bertz CT molecular complexity index is 273. The normalized spacial score (nSPS) is 8.00. The Morgan fingerprint density at radius 3 is 1.94 bits per heavy atom. The monoisotopic (exact) mass is 226 g/mol. The summed E-state index contributed by atoms with van der Waals surface area (Å²) in [7, 11) is 5.55. The van der Waals surface area contributed by atoms with Crippen LogP contribution in [0.3, 0.4) is 0 Å². The van der Waals surface area contributed by atoms with Crippen LogP contribution in [0.1, 0.15) is 33.4 Å². The fourth-order valence-electron chi connectivity index (χ4n) is 1.01. The van der Waals surface area contributed by atoms with Crippen LogP contribution >= 0.6 is 0 Å². The summed E-state index contributed by atoms with van der Waals surface area (Å²) in [6, 6.07) is 3.86. The molecule has 16 heavy (non-hydrogen) atoms. The predicted molar refractivity (Wildman–Crippen MR) is 72.5 cm³/mol. The van der Waals surface area contributed by atoms with E-state index in [-0.39, 0.29) is 0 Å². The van der Waals surface area contributed by atoms with Crippen molar-refractivity contribution in [3.63, 3.8) is 0 Å². The number of nitrogens with zero attached hydrogens (tertiary/aromatic N) is 2. The van der Waals surface area contributed by atoms with Gasteiger partial charge in [-0.25, -0.2) is 4.98 Å². The molecule has 0 unspecified atom stereocenters. The van der Waals surface area contributed by atoms with Crippen LogP contribution in [0.25, 0.3) is 0 Å². The molecule has 94 valence electrons. The van der Waals surface area contributed by atoms with Gasteiger partial charge in [-0.1, -0.05) is 27.7 Å². The van der Waals surface area contributed by atoms with Gasteiger partial charge in [-0.15, -0.1) is 0 Å². The van der Waals surface area contributed by atoms with Crippen LogP contribution in [0.2, 0.25) is 0 Å². The molecule has 0 atom stereocenters. The maximum Gasteiger partial charge on any atom is 0.171 e. The fraction of sp³-hybridized carbons (Fsp3) is 0.615. The first-order valence-corrected chi connectivity index (χ1v) is 5.84. The molecule has 0 aliphatic carbocycles. The van der Waals surface area contributed by atoms with E-state index < -0.39 is 0 Å². The van der Waals surface area contributed by atoms with Crippen molar-refractivity contribution in [2.45, 2.75) is 34.6 Å². The molecule has 1 rings (SSSR count). The molecule has 0 spiro atoms. The number of hydrogen-bond acceptors (Lipinski definition) is 3. The van der Waals surface area contributed by atoms with Gasteiger partial charge in [0.2, 0.25) is 0 Å². The molecule has 0 aliphatic rings. The Balaban J connectivity index is 0. The summed E-state index contributed by atoms with van der Waals surface area (Å²) < 4.78 is 5.16. The van der Waals surface area contributed by atoms with Gasteiger partial charge in [0, 0.05) is 19.8 Å². The topological polar surface area (TPSA) is 25.4 Å². The summed E-state index contributed by atoms with van der Waals surface area (Å²) >= 11 is 0. The molecule has 0 amide bonds. The Hall–Kier alpha value is -1.25. The van der Waals surface area contributed by atoms with Crippen molar-refractivity contribution in [3.05, 3.63) is 17.8 Å². The molecule has 0 aliphatic heterocycles. The van der Waals surface area contributed by atoms with Gasteiger partial charge in [0.1, 0.15) is 0 Å². The summed E-state index contributed by atoms with van der Waals surface area (Å²) in [5.74, 6) is 1.68. The number of anilines is 1. The van der Waals surface area contributed by atoms with E-state index in [4.69, 9.17) is 4.74 Å². The number of aryl methyl sites for hydroxylation is 1. The minimum absolute atomic E-state index is 0.811. The van der Waals surface area contributed by atoms with E-state index in [1.807, 2.05) is 65.7 Å². The van der Waals surface area contributed by atoms with E-state index in [9.17, 15) is 0 Å². The van der Waals surface area contributed by atoms with Crippen LogP contribution in [0.5, 0.6) is 5.75 Å². The highest BCUT2D eigenvalue weighted by atomic mass is 16.5. The van der Waals surface area contributed by atoms with E-state index in [1.165, 1.54) is 0 Å². The zero-order chi connectivity index (χ0) is 13.1. The van der Waals surface area contributed by atoms with Gasteiger partial charge in [0.05, 0.1) is 7.11 Å². The molecule has 3 heteroatoms. The average Bonchev–Trinajstić information content (AvgIpc) is 2.34. The van der Waals surface area contributed by atoms with Crippen molar-refractivity contribution < 1.29 is 4.74 Å². The van der Waals surface area contributed by atoms with Crippen LogP contribution < -0.4 is 9.64 Å². The number of methoxy groups -OCH3 is 1. The quantitative estimate of drug-likeness (QED) is 0.771. The largest absolute Gasteiger partial charge is 0.493 e. The highest BCUT2D eigenvalue weighted by molar-refractivity contribution is 5.51. The second-order valence-electron chi connectivity index (χ2n) is 2.87. The minimum Gasteiger partial charge on any atom is -0.493 e. The Morgan fingerprint density at radius 2 is 1.56 bits per heavy atom. The molecule has 0 fully saturated rings. The fourth-order valence-corrected chi connectivity index (χ4v) is 1.01. The summed E-state index contributed by atoms with van der Waals surface area (Å²) in [5.41, 5.74) is 1.000. The highest BCUT2D eigenvalue weighted by Crippen LogP contribution is 2.23. The average molecular weight is 226 g/mol. The van der Waals surface area contributed by atoms with Crippen molar-refractivity contribution in [3.8, 4) is 5.75 Å². The summed E-state index contributed by atoms with van der Waals surface area (Å²) in [4.78, 5) is 6.28. The molecular formula is C13H26N2O. The van der Waals surface area contributed by atoms with Gasteiger partial charge < -0.3 is 9.64 Å². The van der Waals surface area contributed by atoms with E-state index in [0.717, 1.165) is 17.3 Å². The zero-order valence-electron chi connectivity index (χ0n) is 12.0. The molecule has 0 saturated carbocycles. The van der Waals surface area contributed by atoms with Crippen molar-refractivity contribution in [1.82, 2.24) is 4.98 Å². The second kappa shape index (κ2) is 10.3. The lowest BCUT2D eigenvalue weighted by atomic mass is 10.3. The van der Waals surface area contributed by atoms with Gasteiger partial charge in [0.25, 0.3) is 0 Å². The first-order chi connectivity index (χ1) is 7.65. The number of pyridine rings is 1. The molecule has 0 aromatic carbocycles. The third-order valence-corrected chi connectivity index (χ3v) is 1.62. The van der Waals surface area contributed by atoms with Crippen LogP contribution in [-0.2, 0) is 0 Å². The summed E-state index contributed by atoms with van der Waals surface area (Å²) in [6.07, 6.45) is 0. The number of rotatable bonds is 2. The van der Waals surface area contributed by atoms with Crippen molar-refractivity contribution in [2.24, 2.45) is 0 Å². The molecule has 1 aromatic rings. The van der Waals surface area contributed by atoms with E-state index in [2.05, 4.69) is 4.98 Å². The van der Waals surface area contributed by atoms with Gasteiger partial charge in [0.15, 0.2) is 11.6 Å². The summed E-state index contributed by atoms with van der Waals surface area (Å²) in [5, 5.41) is 0. The Labute approximate surface area is 100 Å². The maximum absolute atomic E-state index is 5.16. The van der Waals surface area contributed by atoms with Crippen molar-refractivity contribution >= 4 is 5.82 Å². The SMILES string of the molecule is CC.CC.COc1ccc(C)nc1N(C)C. The number of hydrogen-bond donors (Lipinski definition) is 0. The first-order valence-electron chi connectivity index (χ1n) is 5.84. The smallest absolute Gasteiger partial charge is 0.171 e. The lowest BCUT2D eigenvalue weighted by molar-refractivity contribution is 0.413. The molecule has 0 bridgehead atoms. The van der Waals surface area contributed by atoms with Crippen molar-refractivity contribution in [1.29, 1.82) is 0 Å². The Kier molecular flexibility index (Phi) is 11.0. The predicted octanol–water partition coefficient (Wildman–Crippen LogP) is 3.52. The molecule has 1 heterocycles. The van der Waals surface area contributed by atoms with Crippen LogP contribution in [0, 0.1) is 6.92 Å². The second-order valence-corrected chi connectivity index (χ2v) is 2.87. The van der Waals surface area contributed by atoms with Crippen LogP contribution in [0.15, 0.2) is 12.1 Å². The van der Waals surface area contributed by atoms with Gasteiger partial charge >= 0.3 is 0 Å². The molecular weight excluding hydrogens is 200 g/mol. The molecule has 1 aromatic heterocycles. The lowest BCUT2D eigenvalue weighted by Gasteiger charge is -2.15. The van der Waals surface area contributed by atoms with Crippen LogP contribution in [-0.4, -0.2) is 26.2 Å². The van der Waals surface area contributed by atoms with Gasteiger partial charge in [-0.05, 0) is 19.1 Å². The zero-order valence-corrected chi connectivity index (χ0v) is 12.0. The Morgan fingerprint density at radius 1 is 1.06 bits per heavy atom. The highest BCUT2D eigenvalue weighted by Gasteiger charge is 2.05.